The lowest BCUT2D eigenvalue weighted by atomic mass is 9.79. The first-order valence-electron chi connectivity index (χ1n) is 9.31. The van der Waals surface area contributed by atoms with Crippen LogP contribution in [0.25, 0.3) is 0 Å². The number of cyclic esters (lactones) is 1. The lowest BCUT2D eigenvalue weighted by molar-refractivity contribution is -0.149. The Balaban J connectivity index is 1.44. The molecule has 2 fully saturated rings. The Morgan fingerprint density at radius 3 is 2.42 bits per heavy atom. The van der Waals surface area contributed by atoms with Crippen molar-refractivity contribution in [2.45, 2.75) is 45.6 Å². The quantitative estimate of drug-likeness (QED) is 0.751. The molecule has 2 saturated heterocycles. The predicted molar refractivity (Wildman–Crippen MR) is 96.1 cm³/mol. The van der Waals surface area contributed by atoms with Crippen LogP contribution in [0.4, 0.5) is 5.69 Å². The fraction of sp³-hybridized carbons (Fsp3) is 0.650. The van der Waals surface area contributed by atoms with Gasteiger partial charge in [-0.15, -0.1) is 0 Å². The fourth-order valence-electron chi connectivity index (χ4n) is 3.97. The number of carbonyl (C=O) groups excluding carboxylic acids is 1. The summed E-state index contributed by atoms with van der Waals surface area (Å²) < 4.78 is 5.66. The Morgan fingerprint density at radius 2 is 1.83 bits per heavy atom. The standard InChI is InChI=1S/C20H29N2O2/c1-3-20(4-2)16-18(24-19(20)23)10-11-21-12-14-22(15-13-21)17-8-6-5-7-9-17/h6-9,18H,3-4,10-16H2,1-2H3. The second-order valence-corrected chi connectivity index (χ2v) is 7.09. The Morgan fingerprint density at radius 1 is 1.17 bits per heavy atom. The molecule has 2 aliphatic heterocycles. The number of esters is 1. The van der Waals surface area contributed by atoms with Gasteiger partial charge < -0.3 is 9.64 Å². The Bertz CT molecular complexity index is 534. The monoisotopic (exact) mass is 329 g/mol. The molecule has 0 amide bonds. The van der Waals surface area contributed by atoms with Crippen molar-refractivity contribution in [3.63, 3.8) is 0 Å². The zero-order valence-electron chi connectivity index (χ0n) is 15.0. The predicted octanol–water partition coefficient (Wildman–Crippen LogP) is 3.12. The number of ether oxygens (including phenoxy) is 1. The maximum atomic E-state index is 12.2. The summed E-state index contributed by atoms with van der Waals surface area (Å²) in [6.45, 7) is 9.50. The van der Waals surface area contributed by atoms with Crippen LogP contribution >= 0.6 is 0 Å². The molecule has 0 N–H and O–H groups in total. The summed E-state index contributed by atoms with van der Waals surface area (Å²) in [4.78, 5) is 17.1. The highest BCUT2D eigenvalue weighted by atomic mass is 16.6. The number of piperazine rings is 1. The van der Waals surface area contributed by atoms with Crippen molar-refractivity contribution in [3.05, 3.63) is 30.3 Å². The fourth-order valence-corrected chi connectivity index (χ4v) is 3.97. The Kier molecular flexibility index (Phi) is 5.44. The molecule has 0 spiro atoms. The van der Waals surface area contributed by atoms with Gasteiger partial charge >= 0.3 is 5.97 Å². The summed E-state index contributed by atoms with van der Waals surface area (Å²) in [6, 6.07) is 11.3. The maximum Gasteiger partial charge on any atom is 0.312 e. The van der Waals surface area contributed by atoms with Crippen LogP contribution in [-0.2, 0) is 9.53 Å². The number of carbonyl (C=O) groups is 1. The topological polar surface area (TPSA) is 32.8 Å². The smallest absolute Gasteiger partial charge is 0.312 e. The molecule has 0 saturated carbocycles. The van der Waals surface area contributed by atoms with Crippen LogP contribution in [0, 0.1) is 11.5 Å². The molecule has 0 aromatic heterocycles. The molecule has 3 rings (SSSR count). The van der Waals surface area contributed by atoms with Gasteiger partial charge in [-0.1, -0.05) is 26.0 Å². The minimum Gasteiger partial charge on any atom is -0.462 e. The van der Waals surface area contributed by atoms with Crippen molar-refractivity contribution in [2.24, 2.45) is 5.41 Å². The first kappa shape index (κ1) is 17.3. The number of hydrogen-bond donors (Lipinski definition) is 0. The largest absolute Gasteiger partial charge is 0.462 e. The first-order valence-corrected chi connectivity index (χ1v) is 9.31. The van der Waals surface area contributed by atoms with Crippen LogP contribution in [-0.4, -0.2) is 49.7 Å². The normalized spacial score (nSPS) is 24.2. The molecule has 0 bridgehead atoms. The van der Waals surface area contributed by atoms with Gasteiger partial charge in [0.1, 0.15) is 6.10 Å². The van der Waals surface area contributed by atoms with Crippen molar-refractivity contribution < 1.29 is 9.53 Å². The second kappa shape index (κ2) is 7.56. The van der Waals surface area contributed by atoms with Gasteiger partial charge in [-0.05, 0) is 37.5 Å². The van der Waals surface area contributed by atoms with Gasteiger partial charge in [-0.3, -0.25) is 9.69 Å². The summed E-state index contributed by atoms with van der Waals surface area (Å²) in [7, 11) is 0. The molecular formula is C20H29N2O2. The first-order chi connectivity index (χ1) is 11.7. The minimum absolute atomic E-state index is 0.0307. The van der Waals surface area contributed by atoms with Gasteiger partial charge in [-0.2, -0.15) is 0 Å². The highest BCUT2D eigenvalue weighted by Gasteiger charge is 2.46. The number of hydrogen-bond acceptors (Lipinski definition) is 4. The number of rotatable bonds is 6. The van der Waals surface area contributed by atoms with E-state index < -0.39 is 0 Å². The van der Waals surface area contributed by atoms with E-state index in [0.717, 1.165) is 58.4 Å². The second-order valence-electron chi connectivity index (χ2n) is 7.09. The molecule has 1 radical (unpaired) electrons. The minimum atomic E-state index is -0.215. The van der Waals surface area contributed by atoms with E-state index in [2.05, 4.69) is 41.8 Å². The molecular weight excluding hydrogens is 300 g/mol. The summed E-state index contributed by atoms with van der Waals surface area (Å²) in [5.41, 5.74) is 1.07. The van der Waals surface area contributed by atoms with Crippen molar-refractivity contribution in [3.8, 4) is 0 Å². The molecule has 0 aliphatic carbocycles. The summed E-state index contributed by atoms with van der Waals surface area (Å²) in [5.74, 6) is 0.0307. The van der Waals surface area contributed by atoms with Gasteiger partial charge in [0.25, 0.3) is 0 Å². The summed E-state index contributed by atoms with van der Waals surface area (Å²) in [5, 5.41) is 0. The van der Waals surface area contributed by atoms with Gasteiger partial charge in [0.15, 0.2) is 0 Å². The molecule has 1 aromatic carbocycles. The number of nitrogens with zero attached hydrogens (tertiary/aromatic N) is 2. The van der Waals surface area contributed by atoms with Crippen LogP contribution in [0.5, 0.6) is 0 Å². The van der Waals surface area contributed by atoms with E-state index >= 15 is 0 Å². The number of benzene rings is 1. The van der Waals surface area contributed by atoms with Gasteiger partial charge in [0, 0.05) is 44.8 Å². The van der Waals surface area contributed by atoms with Gasteiger partial charge in [-0.25, -0.2) is 0 Å². The zero-order valence-corrected chi connectivity index (χ0v) is 15.0. The van der Waals surface area contributed by atoms with E-state index in [1.54, 1.807) is 0 Å². The Hall–Kier alpha value is -1.55. The lowest BCUT2D eigenvalue weighted by Gasteiger charge is -2.36. The van der Waals surface area contributed by atoms with E-state index in [0.29, 0.717) is 0 Å². The van der Waals surface area contributed by atoms with Crippen LogP contribution in [0.1, 0.15) is 39.5 Å². The molecule has 4 heteroatoms. The summed E-state index contributed by atoms with van der Waals surface area (Å²) >= 11 is 0. The van der Waals surface area contributed by atoms with Crippen molar-refractivity contribution in [2.75, 3.05) is 37.6 Å². The highest BCUT2D eigenvalue weighted by molar-refractivity contribution is 5.78. The lowest BCUT2D eigenvalue weighted by Crippen LogP contribution is -2.47. The maximum absolute atomic E-state index is 12.2. The van der Waals surface area contributed by atoms with E-state index in [1.807, 2.05) is 12.1 Å². The van der Waals surface area contributed by atoms with Crippen molar-refractivity contribution in [1.82, 2.24) is 4.90 Å². The molecule has 2 aliphatic rings. The molecule has 1 unspecified atom stereocenters. The molecule has 4 nitrogen and oxygen atoms in total. The molecule has 131 valence electrons. The van der Waals surface area contributed by atoms with Gasteiger partial charge in [0.2, 0.25) is 0 Å². The molecule has 24 heavy (non-hydrogen) atoms. The molecule has 2 heterocycles. The van der Waals surface area contributed by atoms with Crippen LogP contribution in [0.3, 0.4) is 0 Å². The average molecular weight is 329 g/mol. The SMILES string of the molecule is CCC1(CC)CC(CCN2CCN(c3cc[c]cc3)CC2)OC1=O. The number of anilines is 1. The zero-order chi connectivity index (χ0) is 17.0. The van der Waals surface area contributed by atoms with E-state index in [-0.39, 0.29) is 17.5 Å². The Labute approximate surface area is 145 Å². The van der Waals surface area contributed by atoms with Crippen LogP contribution in [0.15, 0.2) is 24.3 Å². The third-order valence-electron chi connectivity index (χ3n) is 5.88. The van der Waals surface area contributed by atoms with Gasteiger partial charge in [0.05, 0.1) is 5.41 Å². The molecule has 1 atom stereocenters. The van der Waals surface area contributed by atoms with Crippen molar-refractivity contribution >= 4 is 11.7 Å². The third-order valence-corrected chi connectivity index (χ3v) is 5.88. The van der Waals surface area contributed by atoms with Crippen molar-refractivity contribution in [1.29, 1.82) is 0 Å². The van der Waals surface area contributed by atoms with E-state index in [1.165, 1.54) is 5.69 Å². The van der Waals surface area contributed by atoms with Crippen LogP contribution in [0.2, 0.25) is 0 Å². The average Bonchev–Trinajstić information content (AvgIpc) is 2.97. The van der Waals surface area contributed by atoms with Crippen LogP contribution < -0.4 is 4.90 Å². The third kappa shape index (κ3) is 3.59. The van der Waals surface area contributed by atoms with E-state index in [9.17, 15) is 4.79 Å². The van der Waals surface area contributed by atoms with E-state index in [4.69, 9.17) is 4.74 Å². The highest BCUT2D eigenvalue weighted by Crippen LogP contribution is 2.41. The molecule has 1 aromatic rings. The summed E-state index contributed by atoms with van der Waals surface area (Å²) in [6.07, 6.45) is 3.77.